The van der Waals surface area contributed by atoms with Crippen molar-refractivity contribution >= 4 is 21.6 Å². The Bertz CT molecular complexity index is 671. The van der Waals surface area contributed by atoms with Crippen molar-refractivity contribution in [3.8, 4) is 18.2 Å². The van der Waals surface area contributed by atoms with Crippen LogP contribution in [0.2, 0.25) is 0 Å². The summed E-state index contributed by atoms with van der Waals surface area (Å²) in [5.74, 6) is 0. The molecule has 0 radical (unpaired) electrons. The zero-order chi connectivity index (χ0) is 15.3. The average Bonchev–Trinajstić information content (AvgIpc) is 2.39. The third-order valence-corrected chi connectivity index (χ3v) is 2.80. The second kappa shape index (κ2) is 6.10. The van der Waals surface area contributed by atoms with Crippen LogP contribution in [0.15, 0.2) is 33.9 Å². The zero-order valence-corrected chi connectivity index (χ0v) is 11.2. The summed E-state index contributed by atoms with van der Waals surface area (Å²) < 4.78 is 37.5. The van der Waals surface area contributed by atoms with Crippen molar-refractivity contribution in [2.24, 2.45) is 0 Å². The van der Waals surface area contributed by atoms with E-state index in [1.807, 2.05) is 0 Å². The fourth-order valence-corrected chi connectivity index (χ4v) is 1.69. The molecule has 0 amide bonds. The lowest BCUT2D eigenvalue weighted by molar-refractivity contribution is -0.137. The van der Waals surface area contributed by atoms with Gasteiger partial charge in [-0.25, -0.2) is 0 Å². The first-order valence-corrected chi connectivity index (χ1v) is 5.71. The third kappa shape index (κ3) is 3.50. The van der Waals surface area contributed by atoms with Crippen LogP contribution in [-0.2, 0) is 6.18 Å². The number of rotatable bonds is 2. The number of hydrogen-bond acceptors (Lipinski definition) is 4. The first-order valence-electron chi connectivity index (χ1n) is 4.91. The van der Waals surface area contributed by atoms with Crippen LogP contribution in [-0.4, -0.2) is 0 Å². The maximum atomic E-state index is 12.5. The summed E-state index contributed by atoms with van der Waals surface area (Å²) in [6.45, 7) is 0. The van der Waals surface area contributed by atoms with Crippen molar-refractivity contribution in [3.05, 3.63) is 39.5 Å². The summed E-state index contributed by atoms with van der Waals surface area (Å²) in [6.07, 6.45) is -4.49. The van der Waals surface area contributed by atoms with Crippen LogP contribution in [0.25, 0.3) is 0 Å². The molecule has 1 N–H and O–H groups in total. The van der Waals surface area contributed by atoms with Crippen molar-refractivity contribution in [3.63, 3.8) is 0 Å². The van der Waals surface area contributed by atoms with Crippen molar-refractivity contribution in [2.75, 3.05) is 5.32 Å². The summed E-state index contributed by atoms with van der Waals surface area (Å²) in [5.41, 5.74) is -1.52. The van der Waals surface area contributed by atoms with E-state index < -0.39 is 17.3 Å². The van der Waals surface area contributed by atoms with Crippen LogP contribution in [0, 0.1) is 34.0 Å². The van der Waals surface area contributed by atoms with E-state index in [1.165, 1.54) is 12.1 Å². The number of allylic oxidation sites excluding steroid dienone is 2. The molecule has 0 aromatic heterocycles. The normalized spacial score (nSPS) is 9.85. The molecule has 100 valence electrons. The largest absolute Gasteiger partial charge is 0.416 e. The Balaban J connectivity index is 3.20. The zero-order valence-electron chi connectivity index (χ0n) is 9.59. The second-order valence-corrected chi connectivity index (χ2v) is 4.26. The highest BCUT2D eigenvalue weighted by Crippen LogP contribution is 2.34. The highest BCUT2D eigenvalue weighted by Gasteiger charge is 2.30. The Morgan fingerprint density at radius 3 is 2.10 bits per heavy atom. The molecule has 1 rings (SSSR count). The first-order chi connectivity index (χ1) is 9.33. The fourth-order valence-electron chi connectivity index (χ4n) is 1.21. The van der Waals surface area contributed by atoms with Crippen LogP contribution >= 0.6 is 15.9 Å². The predicted octanol–water partition coefficient (Wildman–Crippen LogP) is 3.70. The lowest BCUT2D eigenvalue weighted by Gasteiger charge is -2.11. The van der Waals surface area contributed by atoms with Gasteiger partial charge in [0.15, 0.2) is 5.57 Å². The van der Waals surface area contributed by atoms with Crippen LogP contribution in [0.5, 0.6) is 0 Å². The number of anilines is 1. The highest BCUT2D eigenvalue weighted by molar-refractivity contribution is 9.10. The molecule has 8 heteroatoms. The minimum atomic E-state index is -4.49. The third-order valence-electron chi connectivity index (χ3n) is 2.14. The molecule has 0 saturated carbocycles. The first kappa shape index (κ1) is 15.6. The number of nitrogens with one attached hydrogen (secondary N) is 1. The van der Waals surface area contributed by atoms with E-state index in [0.717, 1.165) is 18.2 Å². The minimum Gasteiger partial charge on any atom is -0.344 e. The Hall–Kier alpha value is -2.50. The molecular formula is C12H4BrF3N4. The second-order valence-electron chi connectivity index (χ2n) is 3.40. The highest BCUT2D eigenvalue weighted by atomic mass is 79.9. The molecular weight excluding hydrogens is 337 g/mol. The van der Waals surface area contributed by atoms with Gasteiger partial charge in [-0.2, -0.15) is 29.0 Å². The van der Waals surface area contributed by atoms with Gasteiger partial charge < -0.3 is 5.32 Å². The van der Waals surface area contributed by atoms with Crippen LogP contribution in [0.4, 0.5) is 18.9 Å². The van der Waals surface area contributed by atoms with E-state index in [9.17, 15) is 13.2 Å². The van der Waals surface area contributed by atoms with E-state index in [0.29, 0.717) is 0 Å². The molecule has 0 heterocycles. The number of alkyl halides is 3. The van der Waals surface area contributed by atoms with Gasteiger partial charge in [0.05, 0.1) is 11.3 Å². The van der Waals surface area contributed by atoms with Gasteiger partial charge in [0.1, 0.15) is 23.9 Å². The Labute approximate surface area is 120 Å². The molecule has 1 aromatic carbocycles. The molecule has 0 spiro atoms. The number of nitriles is 3. The van der Waals surface area contributed by atoms with E-state index >= 15 is 0 Å². The molecule has 4 nitrogen and oxygen atoms in total. The Kier molecular flexibility index (Phi) is 4.74. The monoisotopic (exact) mass is 340 g/mol. The van der Waals surface area contributed by atoms with Crippen LogP contribution in [0.3, 0.4) is 0 Å². The smallest absolute Gasteiger partial charge is 0.344 e. The van der Waals surface area contributed by atoms with E-state index in [1.54, 1.807) is 6.07 Å². The average molecular weight is 341 g/mol. The predicted molar refractivity (Wildman–Crippen MR) is 66.6 cm³/mol. The molecule has 0 aliphatic heterocycles. The maximum absolute atomic E-state index is 12.5. The summed E-state index contributed by atoms with van der Waals surface area (Å²) in [5, 5.41) is 28.6. The molecule has 1 aromatic rings. The molecule has 20 heavy (non-hydrogen) atoms. The lowest BCUT2D eigenvalue weighted by Crippen LogP contribution is -2.06. The van der Waals surface area contributed by atoms with Crippen molar-refractivity contribution in [2.45, 2.75) is 6.18 Å². The van der Waals surface area contributed by atoms with E-state index in [4.69, 9.17) is 15.8 Å². The van der Waals surface area contributed by atoms with Crippen LogP contribution < -0.4 is 5.32 Å². The quantitative estimate of drug-likeness (QED) is 0.832. The van der Waals surface area contributed by atoms with Gasteiger partial charge in [0.25, 0.3) is 0 Å². The molecule has 0 aliphatic rings. The Morgan fingerprint density at radius 1 is 1.10 bits per heavy atom. The van der Waals surface area contributed by atoms with Gasteiger partial charge in [-0.15, -0.1) is 0 Å². The maximum Gasteiger partial charge on any atom is 0.416 e. The summed E-state index contributed by atoms with van der Waals surface area (Å²) >= 11 is 2.93. The number of halogens is 4. The summed E-state index contributed by atoms with van der Waals surface area (Å²) in [6, 6.07) is 7.38. The van der Waals surface area contributed by atoms with Gasteiger partial charge in [-0.3, -0.25) is 0 Å². The van der Waals surface area contributed by atoms with Crippen molar-refractivity contribution in [1.82, 2.24) is 0 Å². The summed E-state index contributed by atoms with van der Waals surface area (Å²) in [7, 11) is 0. The van der Waals surface area contributed by atoms with E-state index in [-0.39, 0.29) is 15.9 Å². The van der Waals surface area contributed by atoms with Gasteiger partial charge in [-0.1, -0.05) is 0 Å². The Morgan fingerprint density at radius 2 is 1.70 bits per heavy atom. The molecule has 0 atom stereocenters. The van der Waals surface area contributed by atoms with Gasteiger partial charge in [-0.05, 0) is 34.1 Å². The van der Waals surface area contributed by atoms with Crippen LogP contribution in [0.1, 0.15) is 5.56 Å². The van der Waals surface area contributed by atoms with Gasteiger partial charge >= 0.3 is 6.18 Å². The molecule has 0 aliphatic carbocycles. The summed E-state index contributed by atoms with van der Waals surface area (Å²) in [4.78, 5) is 0. The minimum absolute atomic E-state index is 0.0512. The lowest BCUT2D eigenvalue weighted by atomic mass is 10.2. The van der Waals surface area contributed by atoms with Crippen molar-refractivity contribution in [1.29, 1.82) is 15.8 Å². The standard InChI is InChI=1S/C12H4BrF3N4/c13-9-3-8(12(14,15)16)1-2-10(9)20-11(6-19)7(4-17)5-18/h1-3,20H. The fraction of sp³-hybridized carbons (Fsp3) is 0.0833. The van der Waals surface area contributed by atoms with E-state index in [2.05, 4.69) is 21.2 Å². The molecule has 0 bridgehead atoms. The molecule has 0 fully saturated rings. The number of benzene rings is 1. The number of hydrogen-bond donors (Lipinski definition) is 1. The molecule has 0 unspecified atom stereocenters. The SMILES string of the molecule is N#CC(C#N)=C(C#N)Nc1ccc(C(F)(F)F)cc1Br. The van der Waals surface area contributed by atoms with Crippen molar-refractivity contribution < 1.29 is 13.2 Å². The topological polar surface area (TPSA) is 83.4 Å². The molecule has 0 saturated heterocycles. The van der Waals surface area contributed by atoms with Gasteiger partial charge in [0.2, 0.25) is 0 Å². The number of nitrogens with zero attached hydrogens (tertiary/aromatic N) is 3. The van der Waals surface area contributed by atoms with Gasteiger partial charge in [0, 0.05) is 4.47 Å².